The number of aliphatic hydroxyl groups is 1. The fourth-order valence-corrected chi connectivity index (χ4v) is 4.94. The Morgan fingerprint density at radius 3 is 2.68 bits per heavy atom. The number of halogens is 2. The summed E-state index contributed by atoms with van der Waals surface area (Å²) in [5.41, 5.74) is 2.15. The zero-order valence-electron chi connectivity index (χ0n) is 19.6. The molecule has 192 valence electrons. The number of amides is 2. The third-order valence-corrected chi connectivity index (χ3v) is 7.22. The van der Waals surface area contributed by atoms with E-state index in [0.29, 0.717) is 27.6 Å². The third kappa shape index (κ3) is 5.42. The normalized spacial score (nSPS) is 16.9. The first-order valence-corrected chi connectivity index (χ1v) is 13.0. The standard InChI is InChI=1S/C25H22F2N4O5S/c1-37(35,36)18-3-4-19(16(8-18)13-32)15-2-5-22-21(9-15)20(6-7-29-22)24(34)30-12-23(33)31-14-25(26,27)10-17(31)11-28/h2-9,17,32H,10,12-14H2,1H3,(H,30,34)/t17-/m0/s1. The molecule has 0 unspecified atom stereocenters. The number of carbonyl (C=O) groups excluding carboxylic acids is 2. The van der Waals surface area contributed by atoms with E-state index in [1.165, 1.54) is 24.4 Å². The number of nitrogens with one attached hydrogen (secondary N) is 1. The van der Waals surface area contributed by atoms with E-state index in [-0.39, 0.29) is 10.5 Å². The Hall–Kier alpha value is -3.95. The van der Waals surface area contributed by atoms with Gasteiger partial charge in [-0.3, -0.25) is 14.6 Å². The number of sulfone groups is 1. The smallest absolute Gasteiger partial charge is 0.268 e. The van der Waals surface area contributed by atoms with Crippen molar-refractivity contribution in [2.45, 2.75) is 29.9 Å². The molecule has 1 atom stereocenters. The first-order chi connectivity index (χ1) is 17.4. The molecule has 2 amide bonds. The van der Waals surface area contributed by atoms with E-state index in [9.17, 15) is 31.9 Å². The Morgan fingerprint density at radius 2 is 2.00 bits per heavy atom. The van der Waals surface area contributed by atoms with Gasteiger partial charge >= 0.3 is 0 Å². The number of rotatable bonds is 6. The van der Waals surface area contributed by atoms with Crippen molar-refractivity contribution in [2.24, 2.45) is 0 Å². The molecule has 2 heterocycles. The number of aromatic nitrogens is 1. The summed E-state index contributed by atoms with van der Waals surface area (Å²) < 4.78 is 51.1. The Labute approximate surface area is 211 Å². The summed E-state index contributed by atoms with van der Waals surface area (Å²) in [4.78, 5) is 30.5. The highest BCUT2D eigenvalue weighted by molar-refractivity contribution is 7.90. The van der Waals surface area contributed by atoms with Gasteiger partial charge in [-0.2, -0.15) is 5.26 Å². The van der Waals surface area contributed by atoms with Crippen LogP contribution in [0.3, 0.4) is 0 Å². The summed E-state index contributed by atoms with van der Waals surface area (Å²) in [6.45, 7) is -1.87. The highest BCUT2D eigenvalue weighted by Crippen LogP contribution is 2.32. The molecular weight excluding hydrogens is 506 g/mol. The second-order valence-corrected chi connectivity index (χ2v) is 10.8. The van der Waals surface area contributed by atoms with Gasteiger partial charge in [-0.05, 0) is 47.0 Å². The maximum absolute atomic E-state index is 13.7. The number of nitriles is 1. The zero-order valence-corrected chi connectivity index (χ0v) is 20.4. The molecule has 3 aromatic rings. The summed E-state index contributed by atoms with van der Waals surface area (Å²) in [7, 11) is -3.48. The van der Waals surface area contributed by atoms with E-state index in [2.05, 4.69) is 10.3 Å². The lowest BCUT2D eigenvalue weighted by Gasteiger charge is -2.19. The van der Waals surface area contributed by atoms with Crippen LogP contribution in [0.2, 0.25) is 0 Å². The second-order valence-electron chi connectivity index (χ2n) is 8.75. The number of hydrogen-bond acceptors (Lipinski definition) is 7. The average molecular weight is 529 g/mol. The lowest BCUT2D eigenvalue weighted by molar-refractivity contribution is -0.131. The Kier molecular flexibility index (Phi) is 6.94. The van der Waals surface area contributed by atoms with Gasteiger partial charge in [0.2, 0.25) is 5.91 Å². The van der Waals surface area contributed by atoms with Crippen LogP contribution in [0.4, 0.5) is 8.78 Å². The van der Waals surface area contributed by atoms with Crippen LogP contribution in [-0.2, 0) is 21.2 Å². The van der Waals surface area contributed by atoms with Crippen LogP contribution < -0.4 is 5.32 Å². The van der Waals surface area contributed by atoms with E-state index < -0.39 is 59.7 Å². The van der Waals surface area contributed by atoms with Crippen LogP contribution in [0.15, 0.2) is 53.6 Å². The second kappa shape index (κ2) is 9.84. The Balaban J connectivity index is 1.61. The van der Waals surface area contributed by atoms with Gasteiger partial charge < -0.3 is 15.3 Å². The number of fused-ring (bicyclic) bond motifs is 1. The Bertz CT molecular complexity index is 1550. The van der Waals surface area contributed by atoms with Gasteiger partial charge in [-0.1, -0.05) is 12.1 Å². The van der Waals surface area contributed by atoms with Crippen LogP contribution in [0, 0.1) is 11.3 Å². The molecule has 37 heavy (non-hydrogen) atoms. The first-order valence-electron chi connectivity index (χ1n) is 11.1. The van der Waals surface area contributed by atoms with Crippen molar-refractivity contribution in [3.05, 3.63) is 59.8 Å². The number of carbonyl (C=O) groups is 2. The highest BCUT2D eigenvalue weighted by Gasteiger charge is 2.47. The van der Waals surface area contributed by atoms with Gasteiger partial charge in [0.1, 0.15) is 6.04 Å². The van der Waals surface area contributed by atoms with Gasteiger partial charge in [0.25, 0.3) is 11.8 Å². The minimum absolute atomic E-state index is 0.0573. The van der Waals surface area contributed by atoms with Crippen molar-refractivity contribution < 1.29 is 31.9 Å². The molecular formula is C25H22F2N4O5S. The van der Waals surface area contributed by atoms with Crippen molar-refractivity contribution in [1.29, 1.82) is 5.26 Å². The van der Waals surface area contributed by atoms with Crippen molar-refractivity contribution in [3.63, 3.8) is 0 Å². The molecule has 1 fully saturated rings. The third-order valence-electron chi connectivity index (χ3n) is 6.11. The monoisotopic (exact) mass is 528 g/mol. The predicted molar refractivity (Wildman–Crippen MR) is 129 cm³/mol. The largest absolute Gasteiger partial charge is 0.392 e. The minimum atomic E-state index is -3.48. The first kappa shape index (κ1) is 26.1. The SMILES string of the molecule is CS(=O)(=O)c1ccc(-c2ccc3nccc(C(=O)NCC(=O)N4CC(F)(F)C[C@H]4C#N)c3c2)c(CO)c1. The molecule has 0 saturated carbocycles. The van der Waals surface area contributed by atoms with Gasteiger partial charge in [-0.25, -0.2) is 17.2 Å². The summed E-state index contributed by atoms with van der Waals surface area (Å²) >= 11 is 0. The maximum atomic E-state index is 13.7. The van der Waals surface area contributed by atoms with Crippen molar-refractivity contribution in [1.82, 2.24) is 15.2 Å². The van der Waals surface area contributed by atoms with Crippen LogP contribution in [0.25, 0.3) is 22.0 Å². The van der Waals surface area contributed by atoms with Crippen molar-refractivity contribution >= 4 is 32.6 Å². The molecule has 0 aliphatic carbocycles. The average Bonchev–Trinajstić information content (AvgIpc) is 3.20. The minimum Gasteiger partial charge on any atom is -0.392 e. The topological polar surface area (TPSA) is 140 Å². The van der Waals surface area contributed by atoms with Crippen LogP contribution >= 0.6 is 0 Å². The molecule has 1 saturated heterocycles. The van der Waals surface area contributed by atoms with Gasteiger partial charge in [-0.15, -0.1) is 0 Å². The van der Waals surface area contributed by atoms with E-state index >= 15 is 0 Å². The van der Waals surface area contributed by atoms with E-state index in [0.717, 1.165) is 11.2 Å². The predicted octanol–water partition coefficient (Wildman–Crippen LogP) is 2.29. The molecule has 2 N–H and O–H groups in total. The van der Waals surface area contributed by atoms with Crippen molar-refractivity contribution in [3.8, 4) is 17.2 Å². The fourth-order valence-electron chi connectivity index (χ4n) is 4.27. The van der Waals surface area contributed by atoms with Gasteiger partial charge in [0.05, 0.1) is 41.7 Å². The van der Waals surface area contributed by atoms with E-state index in [4.69, 9.17) is 5.26 Å². The summed E-state index contributed by atoms with van der Waals surface area (Å²) in [5.74, 6) is -4.60. The number of aliphatic hydroxyl groups excluding tert-OH is 1. The number of nitrogens with zero attached hydrogens (tertiary/aromatic N) is 3. The number of benzene rings is 2. The molecule has 1 aliphatic heterocycles. The fraction of sp³-hybridized carbons (Fsp3) is 0.280. The van der Waals surface area contributed by atoms with Crippen LogP contribution in [0.1, 0.15) is 22.3 Å². The number of likely N-dealkylation sites (tertiary alicyclic amines) is 1. The molecule has 1 aromatic heterocycles. The van der Waals surface area contributed by atoms with Gasteiger partial charge in [0, 0.05) is 24.3 Å². The molecule has 0 radical (unpaired) electrons. The molecule has 1 aliphatic rings. The molecule has 9 nitrogen and oxygen atoms in total. The Morgan fingerprint density at radius 1 is 1.24 bits per heavy atom. The summed E-state index contributed by atoms with van der Waals surface area (Å²) in [6, 6.07) is 11.3. The quantitative estimate of drug-likeness (QED) is 0.500. The molecule has 0 spiro atoms. The molecule has 0 bridgehead atoms. The lowest BCUT2D eigenvalue weighted by atomic mass is 9.97. The number of alkyl halides is 2. The van der Waals surface area contributed by atoms with Gasteiger partial charge in [0.15, 0.2) is 9.84 Å². The number of pyridine rings is 1. The molecule has 2 aromatic carbocycles. The zero-order chi connectivity index (χ0) is 27.0. The summed E-state index contributed by atoms with van der Waals surface area (Å²) in [6.07, 6.45) is 1.73. The van der Waals surface area contributed by atoms with Crippen molar-refractivity contribution in [2.75, 3.05) is 19.3 Å². The van der Waals surface area contributed by atoms with Crippen LogP contribution in [-0.4, -0.2) is 66.5 Å². The summed E-state index contributed by atoms with van der Waals surface area (Å²) in [5, 5.41) is 21.8. The molecule has 4 rings (SSSR count). The maximum Gasteiger partial charge on any atom is 0.268 e. The van der Waals surface area contributed by atoms with E-state index in [1.807, 2.05) is 0 Å². The number of hydrogen-bond donors (Lipinski definition) is 2. The van der Waals surface area contributed by atoms with Crippen LogP contribution in [0.5, 0.6) is 0 Å². The van der Waals surface area contributed by atoms with E-state index in [1.54, 1.807) is 30.3 Å². The highest BCUT2D eigenvalue weighted by atomic mass is 32.2. The molecule has 12 heteroatoms. The lowest BCUT2D eigenvalue weighted by Crippen LogP contribution is -2.43.